The van der Waals surface area contributed by atoms with Crippen molar-refractivity contribution in [3.05, 3.63) is 30.3 Å². The summed E-state index contributed by atoms with van der Waals surface area (Å²) in [6, 6.07) is 10.2. The third-order valence-corrected chi connectivity index (χ3v) is 5.94. The molecule has 124 valence electrons. The summed E-state index contributed by atoms with van der Waals surface area (Å²) in [5, 5.41) is 5.36. The van der Waals surface area contributed by atoms with Crippen molar-refractivity contribution in [3.63, 3.8) is 0 Å². The Hall–Kier alpha value is -1.55. The Bertz CT molecular complexity index is 522. The number of quaternary nitrogens is 1. The van der Waals surface area contributed by atoms with Gasteiger partial charge in [-0.25, -0.2) is 4.79 Å². The lowest BCUT2D eigenvalue weighted by Gasteiger charge is -2.56. The van der Waals surface area contributed by atoms with Crippen LogP contribution in [0.3, 0.4) is 0 Å². The molecule has 23 heavy (non-hydrogen) atoms. The molecule has 0 spiro atoms. The van der Waals surface area contributed by atoms with Gasteiger partial charge in [-0.2, -0.15) is 0 Å². The zero-order valence-corrected chi connectivity index (χ0v) is 13.7. The molecule has 0 unspecified atom stereocenters. The Kier molecular flexibility index (Phi) is 4.02. The molecule has 0 saturated heterocycles. The molecular formula is C19H27N2O2+. The van der Waals surface area contributed by atoms with E-state index in [1.165, 1.54) is 44.2 Å². The third-order valence-electron chi connectivity index (χ3n) is 5.94. The molecule has 4 bridgehead atoms. The van der Waals surface area contributed by atoms with Gasteiger partial charge in [0.15, 0.2) is 0 Å². The van der Waals surface area contributed by atoms with E-state index in [0.29, 0.717) is 6.61 Å². The maximum atomic E-state index is 12.2. The smallest absolute Gasteiger partial charge is 0.407 e. The highest BCUT2D eigenvalue weighted by atomic mass is 16.5. The first-order chi connectivity index (χ1) is 11.2. The summed E-state index contributed by atoms with van der Waals surface area (Å²) in [7, 11) is 0. The Morgan fingerprint density at radius 2 is 1.70 bits per heavy atom. The predicted octanol–water partition coefficient (Wildman–Crippen LogP) is 2.58. The predicted molar refractivity (Wildman–Crippen MR) is 88.3 cm³/mol. The molecular weight excluding hydrogens is 288 g/mol. The van der Waals surface area contributed by atoms with Gasteiger partial charge in [-0.05, 0) is 68.4 Å². The Morgan fingerprint density at radius 3 is 2.30 bits per heavy atom. The molecule has 1 aromatic carbocycles. The number of rotatable bonds is 5. The molecule has 1 amide bonds. The van der Waals surface area contributed by atoms with Gasteiger partial charge in [0.05, 0.1) is 0 Å². The zero-order valence-electron chi connectivity index (χ0n) is 13.7. The number of hydrogen-bond donors (Lipinski definition) is 2. The molecule has 1 aromatic rings. The molecule has 4 saturated carbocycles. The fraction of sp³-hybridized carbons (Fsp3) is 0.632. The topological polar surface area (TPSA) is 54.9 Å². The molecule has 0 atom stereocenters. The second kappa shape index (κ2) is 6.16. The summed E-state index contributed by atoms with van der Waals surface area (Å²) >= 11 is 0. The minimum absolute atomic E-state index is 0.0506. The van der Waals surface area contributed by atoms with Crippen LogP contribution in [0.15, 0.2) is 30.3 Å². The number of amides is 1. The van der Waals surface area contributed by atoms with Gasteiger partial charge in [0.25, 0.3) is 0 Å². The van der Waals surface area contributed by atoms with Crippen LogP contribution in [0.5, 0.6) is 0 Å². The van der Waals surface area contributed by atoms with Gasteiger partial charge in [-0.15, -0.1) is 0 Å². The van der Waals surface area contributed by atoms with Crippen LogP contribution in [-0.2, 0) is 4.74 Å². The molecule has 5 rings (SSSR count). The highest BCUT2D eigenvalue weighted by Crippen LogP contribution is 2.55. The van der Waals surface area contributed by atoms with Gasteiger partial charge < -0.3 is 15.4 Å². The van der Waals surface area contributed by atoms with Crippen molar-refractivity contribution >= 4 is 11.8 Å². The Balaban J connectivity index is 1.23. The van der Waals surface area contributed by atoms with E-state index in [4.69, 9.17) is 4.74 Å². The fourth-order valence-corrected chi connectivity index (χ4v) is 5.48. The number of ether oxygens (including phenoxy) is 1. The maximum Gasteiger partial charge on any atom is 0.407 e. The van der Waals surface area contributed by atoms with E-state index >= 15 is 0 Å². The van der Waals surface area contributed by atoms with E-state index in [0.717, 1.165) is 24.3 Å². The minimum atomic E-state index is -0.214. The number of carbonyl (C=O) groups excluding carboxylic acids is 1. The number of hydrogen-bond acceptors (Lipinski definition) is 2. The molecule has 4 fully saturated rings. The lowest BCUT2D eigenvalue weighted by atomic mass is 9.53. The normalized spacial score (nSPS) is 34.3. The number of para-hydroxylation sites is 1. The van der Waals surface area contributed by atoms with Crippen molar-refractivity contribution in [2.24, 2.45) is 17.8 Å². The molecule has 4 aliphatic rings. The highest BCUT2D eigenvalue weighted by molar-refractivity contribution is 5.68. The zero-order chi connectivity index (χ0) is 15.7. The first kappa shape index (κ1) is 15.0. The minimum Gasteiger partial charge on any atom is -0.444 e. The standard InChI is InChI=1S/C19H26N2O2/c22-18(23-7-6-20-17-4-2-1-3-5-17)21-19-11-14-8-15(12-19)10-16(9-14)13-19/h1-5,14-16,20H,6-13H2,(H,21,22)/p+1. The number of nitrogens with two attached hydrogens (primary N) is 1. The van der Waals surface area contributed by atoms with Crippen LogP contribution in [0.4, 0.5) is 10.5 Å². The van der Waals surface area contributed by atoms with Crippen LogP contribution in [0.2, 0.25) is 0 Å². The van der Waals surface area contributed by atoms with Gasteiger partial charge in [-0.1, -0.05) is 18.2 Å². The first-order valence-electron chi connectivity index (χ1n) is 9.04. The molecule has 4 heteroatoms. The number of benzene rings is 1. The van der Waals surface area contributed by atoms with Crippen LogP contribution < -0.4 is 10.6 Å². The van der Waals surface area contributed by atoms with Gasteiger partial charge in [-0.3, -0.25) is 0 Å². The van der Waals surface area contributed by atoms with Crippen molar-refractivity contribution in [1.29, 1.82) is 0 Å². The van der Waals surface area contributed by atoms with Crippen LogP contribution in [0.25, 0.3) is 0 Å². The van der Waals surface area contributed by atoms with Crippen molar-refractivity contribution in [1.82, 2.24) is 5.32 Å². The lowest BCUT2D eigenvalue weighted by molar-refractivity contribution is -0.573. The van der Waals surface area contributed by atoms with E-state index in [9.17, 15) is 4.79 Å². The molecule has 0 aromatic heterocycles. The van der Waals surface area contributed by atoms with Crippen molar-refractivity contribution in [2.75, 3.05) is 13.2 Å². The third kappa shape index (κ3) is 3.37. The SMILES string of the molecule is O=C(NC12CC3CC(CC(C3)C1)C2)OCC[NH2+]c1ccccc1. The van der Waals surface area contributed by atoms with E-state index in [2.05, 4.69) is 22.8 Å². The quantitative estimate of drug-likeness (QED) is 0.648. The van der Waals surface area contributed by atoms with Crippen LogP contribution in [0.1, 0.15) is 38.5 Å². The van der Waals surface area contributed by atoms with Gasteiger partial charge >= 0.3 is 6.09 Å². The summed E-state index contributed by atoms with van der Waals surface area (Å²) in [5.74, 6) is 2.52. The number of nitrogens with one attached hydrogen (secondary N) is 1. The van der Waals surface area contributed by atoms with Gasteiger partial charge in [0.1, 0.15) is 18.8 Å². The van der Waals surface area contributed by atoms with E-state index in [1.807, 2.05) is 18.2 Å². The van der Waals surface area contributed by atoms with Gasteiger partial charge in [0.2, 0.25) is 0 Å². The second-order valence-electron chi connectivity index (χ2n) is 7.86. The average molecular weight is 315 g/mol. The second-order valence-corrected chi connectivity index (χ2v) is 7.86. The summed E-state index contributed by atoms with van der Waals surface area (Å²) < 4.78 is 5.42. The fourth-order valence-electron chi connectivity index (χ4n) is 5.48. The summed E-state index contributed by atoms with van der Waals surface area (Å²) in [5.41, 5.74) is 1.23. The van der Waals surface area contributed by atoms with Crippen LogP contribution in [-0.4, -0.2) is 24.8 Å². The van der Waals surface area contributed by atoms with Crippen LogP contribution >= 0.6 is 0 Å². The average Bonchev–Trinajstić information content (AvgIpc) is 2.51. The maximum absolute atomic E-state index is 12.2. The molecule has 3 N–H and O–H groups in total. The molecule has 4 aliphatic carbocycles. The van der Waals surface area contributed by atoms with Crippen molar-refractivity contribution < 1.29 is 14.8 Å². The lowest BCUT2D eigenvalue weighted by Crippen LogP contribution is -2.79. The highest BCUT2D eigenvalue weighted by Gasteiger charge is 2.51. The van der Waals surface area contributed by atoms with E-state index in [1.54, 1.807) is 0 Å². The number of alkyl carbamates (subject to hydrolysis) is 1. The summed E-state index contributed by atoms with van der Waals surface area (Å²) in [4.78, 5) is 12.2. The van der Waals surface area contributed by atoms with Crippen LogP contribution in [0, 0.1) is 17.8 Å². The Labute approximate surface area is 138 Å². The summed E-state index contributed by atoms with van der Waals surface area (Å²) in [6.45, 7) is 1.21. The van der Waals surface area contributed by atoms with E-state index in [-0.39, 0.29) is 11.6 Å². The molecule has 4 nitrogen and oxygen atoms in total. The number of carbonyl (C=O) groups is 1. The van der Waals surface area contributed by atoms with E-state index < -0.39 is 0 Å². The molecule has 0 radical (unpaired) electrons. The van der Waals surface area contributed by atoms with Crippen molar-refractivity contribution in [3.8, 4) is 0 Å². The first-order valence-corrected chi connectivity index (χ1v) is 9.04. The van der Waals surface area contributed by atoms with Crippen molar-refractivity contribution in [2.45, 2.75) is 44.1 Å². The molecule has 0 aliphatic heterocycles. The van der Waals surface area contributed by atoms with Gasteiger partial charge in [0, 0.05) is 5.54 Å². The molecule has 0 heterocycles. The summed E-state index contributed by atoms with van der Waals surface area (Å²) in [6.07, 6.45) is 7.47. The largest absolute Gasteiger partial charge is 0.444 e. The Morgan fingerprint density at radius 1 is 1.09 bits per heavy atom. The monoisotopic (exact) mass is 315 g/mol.